The predicted octanol–water partition coefficient (Wildman–Crippen LogP) is 2.84. The standard InChI is InChI=1S/C12H16O/c13-9-10-4-3-7-12(8-10)11-5-1-2-6-11/h3-4,7-8,11,13H,1-2,5-6,9H2. The summed E-state index contributed by atoms with van der Waals surface area (Å²) in [6.07, 6.45) is 5.39. The fourth-order valence-corrected chi connectivity index (χ4v) is 2.20. The summed E-state index contributed by atoms with van der Waals surface area (Å²) >= 11 is 0. The van der Waals surface area contributed by atoms with E-state index in [0.29, 0.717) is 0 Å². The van der Waals surface area contributed by atoms with Gasteiger partial charge in [-0.05, 0) is 29.9 Å². The summed E-state index contributed by atoms with van der Waals surface area (Å²) in [4.78, 5) is 0. The summed E-state index contributed by atoms with van der Waals surface area (Å²) in [6.45, 7) is 0.167. The minimum absolute atomic E-state index is 0.167. The average Bonchev–Trinajstić information content (AvgIpc) is 2.71. The van der Waals surface area contributed by atoms with Crippen LogP contribution >= 0.6 is 0 Å². The Morgan fingerprint density at radius 3 is 2.69 bits per heavy atom. The first-order valence-corrected chi connectivity index (χ1v) is 5.10. The molecule has 0 bridgehead atoms. The lowest BCUT2D eigenvalue weighted by Crippen LogP contribution is -1.93. The number of aliphatic hydroxyl groups excluding tert-OH is 1. The normalized spacial score (nSPS) is 17.9. The van der Waals surface area contributed by atoms with Gasteiger partial charge >= 0.3 is 0 Å². The molecule has 1 aromatic carbocycles. The van der Waals surface area contributed by atoms with Gasteiger partial charge in [-0.3, -0.25) is 0 Å². The van der Waals surface area contributed by atoms with Crippen molar-refractivity contribution in [3.63, 3.8) is 0 Å². The smallest absolute Gasteiger partial charge is 0.0681 e. The Bertz CT molecular complexity index is 274. The maximum Gasteiger partial charge on any atom is 0.0681 e. The van der Waals surface area contributed by atoms with E-state index in [1.54, 1.807) is 0 Å². The Kier molecular flexibility index (Phi) is 2.65. The lowest BCUT2D eigenvalue weighted by atomic mass is 9.96. The van der Waals surface area contributed by atoms with Crippen molar-refractivity contribution in [1.29, 1.82) is 0 Å². The lowest BCUT2D eigenvalue weighted by molar-refractivity contribution is 0.281. The van der Waals surface area contributed by atoms with Gasteiger partial charge in [0.15, 0.2) is 0 Å². The minimum Gasteiger partial charge on any atom is -0.392 e. The molecule has 1 nitrogen and oxygen atoms in total. The van der Waals surface area contributed by atoms with Crippen LogP contribution in [0.15, 0.2) is 24.3 Å². The molecule has 0 radical (unpaired) electrons. The maximum absolute atomic E-state index is 9.00. The quantitative estimate of drug-likeness (QED) is 0.734. The molecule has 0 heterocycles. The molecular formula is C12H16O. The van der Waals surface area contributed by atoms with Gasteiger partial charge in [-0.2, -0.15) is 0 Å². The van der Waals surface area contributed by atoms with Crippen molar-refractivity contribution in [3.05, 3.63) is 35.4 Å². The van der Waals surface area contributed by atoms with E-state index in [4.69, 9.17) is 5.11 Å². The molecule has 1 heteroatoms. The third-order valence-corrected chi connectivity index (χ3v) is 2.96. The van der Waals surface area contributed by atoms with Crippen molar-refractivity contribution in [2.24, 2.45) is 0 Å². The third-order valence-electron chi connectivity index (χ3n) is 2.96. The van der Waals surface area contributed by atoms with E-state index in [9.17, 15) is 0 Å². The topological polar surface area (TPSA) is 20.2 Å². The molecule has 1 aliphatic carbocycles. The molecule has 0 atom stereocenters. The summed E-state index contributed by atoms with van der Waals surface area (Å²) in [5.74, 6) is 0.756. The maximum atomic E-state index is 9.00. The van der Waals surface area contributed by atoms with Crippen LogP contribution in [-0.4, -0.2) is 5.11 Å². The van der Waals surface area contributed by atoms with E-state index in [1.165, 1.54) is 31.2 Å². The van der Waals surface area contributed by atoms with Crippen molar-refractivity contribution >= 4 is 0 Å². The average molecular weight is 176 g/mol. The Balaban J connectivity index is 2.18. The van der Waals surface area contributed by atoms with Crippen LogP contribution in [0.4, 0.5) is 0 Å². The Labute approximate surface area is 79.4 Å². The van der Waals surface area contributed by atoms with E-state index in [1.807, 2.05) is 6.07 Å². The van der Waals surface area contributed by atoms with E-state index in [2.05, 4.69) is 18.2 Å². The summed E-state index contributed by atoms with van der Waals surface area (Å²) in [6, 6.07) is 8.38. The summed E-state index contributed by atoms with van der Waals surface area (Å²) < 4.78 is 0. The molecule has 1 saturated carbocycles. The molecule has 1 aliphatic rings. The molecule has 0 saturated heterocycles. The van der Waals surface area contributed by atoms with Crippen LogP contribution < -0.4 is 0 Å². The second-order valence-corrected chi connectivity index (χ2v) is 3.88. The molecule has 0 amide bonds. The first-order valence-electron chi connectivity index (χ1n) is 5.10. The van der Waals surface area contributed by atoms with E-state index < -0.39 is 0 Å². The molecule has 1 aromatic rings. The van der Waals surface area contributed by atoms with Crippen LogP contribution in [0.1, 0.15) is 42.7 Å². The van der Waals surface area contributed by atoms with Gasteiger partial charge in [0.2, 0.25) is 0 Å². The highest BCUT2D eigenvalue weighted by Gasteiger charge is 2.16. The SMILES string of the molecule is OCc1cccc(C2CCCC2)c1. The fraction of sp³-hybridized carbons (Fsp3) is 0.500. The van der Waals surface area contributed by atoms with E-state index in [-0.39, 0.29) is 6.61 Å². The molecule has 13 heavy (non-hydrogen) atoms. The molecule has 70 valence electrons. The largest absolute Gasteiger partial charge is 0.392 e. The molecule has 0 spiro atoms. The first kappa shape index (κ1) is 8.76. The van der Waals surface area contributed by atoms with Crippen molar-refractivity contribution in [2.75, 3.05) is 0 Å². The van der Waals surface area contributed by atoms with Gasteiger partial charge < -0.3 is 5.11 Å². The number of hydrogen-bond donors (Lipinski definition) is 1. The number of benzene rings is 1. The number of rotatable bonds is 2. The highest BCUT2D eigenvalue weighted by atomic mass is 16.3. The van der Waals surface area contributed by atoms with Crippen molar-refractivity contribution in [3.8, 4) is 0 Å². The molecule has 0 aromatic heterocycles. The molecule has 0 aliphatic heterocycles. The first-order chi connectivity index (χ1) is 6.40. The van der Waals surface area contributed by atoms with E-state index in [0.717, 1.165) is 11.5 Å². The molecule has 1 N–H and O–H groups in total. The Hall–Kier alpha value is -0.820. The van der Waals surface area contributed by atoms with Gasteiger partial charge in [0, 0.05) is 0 Å². The van der Waals surface area contributed by atoms with Gasteiger partial charge in [-0.1, -0.05) is 37.1 Å². The third kappa shape index (κ3) is 1.92. The van der Waals surface area contributed by atoms with Gasteiger partial charge in [0.05, 0.1) is 6.61 Å². The number of hydrogen-bond acceptors (Lipinski definition) is 1. The monoisotopic (exact) mass is 176 g/mol. The zero-order chi connectivity index (χ0) is 9.10. The summed E-state index contributed by atoms with van der Waals surface area (Å²) in [7, 11) is 0. The molecular weight excluding hydrogens is 160 g/mol. The van der Waals surface area contributed by atoms with Gasteiger partial charge in [0.1, 0.15) is 0 Å². The summed E-state index contributed by atoms with van der Waals surface area (Å²) in [5.41, 5.74) is 2.47. The zero-order valence-corrected chi connectivity index (χ0v) is 7.87. The second kappa shape index (κ2) is 3.93. The van der Waals surface area contributed by atoms with E-state index >= 15 is 0 Å². The van der Waals surface area contributed by atoms with Crippen LogP contribution in [0.25, 0.3) is 0 Å². The Morgan fingerprint density at radius 1 is 1.23 bits per heavy atom. The van der Waals surface area contributed by atoms with Gasteiger partial charge in [-0.25, -0.2) is 0 Å². The van der Waals surface area contributed by atoms with Gasteiger partial charge in [-0.15, -0.1) is 0 Å². The van der Waals surface area contributed by atoms with Crippen LogP contribution in [-0.2, 0) is 6.61 Å². The van der Waals surface area contributed by atoms with Crippen LogP contribution in [0.3, 0.4) is 0 Å². The molecule has 2 rings (SSSR count). The molecule has 0 unspecified atom stereocenters. The Morgan fingerprint density at radius 2 is 2.00 bits per heavy atom. The van der Waals surface area contributed by atoms with Crippen molar-refractivity contribution < 1.29 is 5.11 Å². The van der Waals surface area contributed by atoms with Crippen molar-refractivity contribution in [2.45, 2.75) is 38.2 Å². The summed E-state index contributed by atoms with van der Waals surface area (Å²) in [5, 5.41) is 9.00. The van der Waals surface area contributed by atoms with Gasteiger partial charge in [0.25, 0.3) is 0 Å². The highest BCUT2D eigenvalue weighted by molar-refractivity contribution is 5.26. The predicted molar refractivity (Wildman–Crippen MR) is 53.6 cm³/mol. The fourth-order valence-electron chi connectivity index (χ4n) is 2.20. The molecule has 1 fully saturated rings. The minimum atomic E-state index is 0.167. The van der Waals surface area contributed by atoms with Crippen LogP contribution in [0.5, 0.6) is 0 Å². The highest BCUT2D eigenvalue weighted by Crippen LogP contribution is 2.34. The van der Waals surface area contributed by atoms with Crippen LogP contribution in [0, 0.1) is 0 Å². The zero-order valence-electron chi connectivity index (χ0n) is 7.87. The lowest BCUT2D eigenvalue weighted by Gasteiger charge is -2.09. The second-order valence-electron chi connectivity index (χ2n) is 3.88. The van der Waals surface area contributed by atoms with Crippen LogP contribution in [0.2, 0.25) is 0 Å². The number of aliphatic hydroxyl groups is 1. The van der Waals surface area contributed by atoms with Crippen molar-refractivity contribution in [1.82, 2.24) is 0 Å².